The van der Waals surface area contributed by atoms with E-state index in [0.717, 1.165) is 17.1 Å². The molecule has 264 valence electrons. The number of hydrogen-bond donors (Lipinski definition) is 0. The van der Waals surface area contributed by atoms with Gasteiger partial charge in [0, 0.05) is 22.5 Å². The summed E-state index contributed by atoms with van der Waals surface area (Å²) in [5.74, 6) is 0. The third kappa shape index (κ3) is 5.08. The van der Waals surface area contributed by atoms with Gasteiger partial charge in [-0.15, -0.1) is 0 Å². The first kappa shape index (κ1) is 32.5. The first-order chi connectivity index (χ1) is 27.5. The second-order valence-electron chi connectivity index (χ2n) is 15.7. The predicted octanol–water partition coefficient (Wildman–Crippen LogP) is 15.4. The Balaban J connectivity index is 1.01. The van der Waals surface area contributed by atoms with E-state index in [0.29, 0.717) is 0 Å². The quantitative estimate of drug-likeness (QED) is 0.161. The van der Waals surface area contributed by atoms with Crippen LogP contribution in [0.25, 0.3) is 76.5 Å². The van der Waals surface area contributed by atoms with E-state index in [-0.39, 0.29) is 5.41 Å². The first-order valence-corrected chi connectivity index (χ1v) is 19.6. The molecule has 0 saturated heterocycles. The number of hydrogen-bond acceptors (Lipinski definition) is 1. The van der Waals surface area contributed by atoms with E-state index < -0.39 is 0 Å². The minimum atomic E-state index is -0.0454. The molecular formula is C55H39N. The molecule has 1 aliphatic carbocycles. The highest BCUT2D eigenvalue weighted by Gasteiger charge is 2.35. The molecular weight excluding hydrogens is 675 g/mol. The molecule has 1 heteroatoms. The van der Waals surface area contributed by atoms with Gasteiger partial charge in [0.15, 0.2) is 0 Å². The second-order valence-corrected chi connectivity index (χ2v) is 15.7. The highest BCUT2D eigenvalue weighted by atomic mass is 15.1. The van der Waals surface area contributed by atoms with Crippen LogP contribution in [0.2, 0.25) is 0 Å². The van der Waals surface area contributed by atoms with Gasteiger partial charge < -0.3 is 4.90 Å². The maximum atomic E-state index is 2.41. The van der Waals surface area contributed by atoms with Crippen molar-refractivity contribution in [3.8, 4) is 33.4 Å². The van der Waals surface area contributed by atoms with Gasteiger partial charge in [-0.3, -0.25) is 0 Å². The molecule has 10 aromatic carbocycles. The van der Waals surface area contributed by atoms with E-state index in [4.69, 9.17) is 0 Å². The van der Waals surface area contributed by atoms with Crippen molar-refractivity contribution in [1.29, 1.82) is 0 Å². The SMILES string of the molecule is CC1(C)c2ccccc2-c2cc(N(c3ccc(-c4ccc5c(ccc6ccc7ccccc7c65)c4)cc3)c3ccc(-c4cccc5ccccc45)cc3)ccc21. The van der Waals surface area contributed by atoms with Crippen molar-refractivity contribution in [1.82, 2.24) is 0 Å². The topological polar surface area (TPSA) is 3.24 Å². The summed E-state index contributed by atoms with van der Waals surface area (Å²) in [6, 6.07) is 74.0. The van der Waals surface area contributed by atoms with E-state index in [1.54, 1.807) is 0 Å². The van der Waals surface area contributed by atoms with E-state index >= 15 is 0 Å². The predicted molar refractivity (Wildman–Crippen MR) is 240 cm³/mol. The van der Waals surface area contributed by atoms with Crippen molar-refractivity contribution < 1.29 is 0 Å². The molecule has 0 unspecified atom stereocenters. The summed E-state index contributed by atoms with van der Waals surface area (Å²) in [5.41, 5.74) is 13.6. The third-order valence-electron chi connectivity index (χ3n) is 12.2. The Labute approximate surface area is 327 Å². The molecule has 10 aromatic rings. The number of benzene rings is 10. The number of rotatable bonds is 5. The monoisotopic (exact) mass is 713 g/mol. The van der Waals surface area contributed by atoms with Crippen molar-refractivity contribution >= 4 is 60.2 Å². The molecule has 0 saturated carbocycles. The lowest BCUT2D eigenvalue weighted by Gasteiger charge is -2.27. The first-order valence-electron chi connectivity index (χ1n) is 19.6. The number of fused-ring (bicyclic) bond motifs is 9. The smallest absolute Gasteiger partial charge is 0.0468 e. The zero-order valence-electron chi connectivity index (χ0n) is 31.5. The Hall–Kier alpha value is -6.96. The van der Waals surface area contributed by atoms with Crippen LogP contribution in [0.4, 0.5) is 17.1 Å². The third-order valence-corrected chi connectivity index (χ3v) is 12.2. The molecule has 0 spiro atoms. The lowest BCUT2D eigenvalue weighted by Crippen LogP contribution is -2.15. The standard InChI is InChI=1S/C55H39N/c1-55(2)52-17-8-7-15-50(52)51-35-45(31-33-53(51)55)56(44-29-24-39(25-30-44)47-16-9-12-37-10-3-5-13-46(37)47)43-27-22-36(23-28-43)41-26-32-49-42(34-41)21-20-40-19-18-38-11-4-6-14-48(38)54(40)49/h3-35H,1-2H3. The summed E-state index contributed by atoms with van der Waals surface area (Å²) in [6.45, 7) is 4.69. The minimum Gasteiger partial charge on any atom is -0.310 e. The summed E-state index contributed by atoms with van der Waals surface area (Å²) >= 11 is 0. The Morgan fingerprint density at radius 3 is 1.64 bits per heavy atom. The fourth-order valence-electron chi connectivity index (χ4n) is 9.38. The highest BCUT2D eigenvalue weighted by Crippen LogP contribution is 2.50. The van der Waals surface area contributed by atoms with Crippen LogP contribution < -0.4 is 4.90 Å². The van der Waals surface area contributed by atoms with Crippen LogP contribution >= 0.6 is 0 Å². The molecule has 0 heterocycles. The molecule has 11 rings (SSSR count). The molecule has 1 aliphatic rings. The summed E-state index contributed by atoms with van der Waals surface area (Å²) in [7, 11) is 0. The second kappa shape index (κ2) is 12.5. The van der Waals surface area contributed by atoms with Gasteiger partial charge in [0.05, 0.1) is 0 Å². The van der Waals surface area contributed by atoms with Gasteiger partial charge in [0.25, 0.3) is 0 Å². The fraction of sp³-hybridized carbons (Fsp3) is 0.0545. The molecule has 0 fully saturated rings. The van der Waals surface area contributed by atoms with Gasteiger partial charge >= 0.3 is 0 Å². The molecule has 56 heavy (non-hydrogen) atoms. The molecule has 1 nitrogen and oxygen atoms in total. The fourth-order valence-corrected chi connectivity index (χ4v) is 9.38. The Morgan fingerprint density at radius 1 is 0.321 bits per heavy atom. The normalized spacial score (nSPS) is 13.0. The van der Waals surface area contributed by atoms with Crippen molar-refractivity contribution in [2.45, 2.75) is 19.3 Å². The Bertz CT molecular complexity index is 3150. The van der Waals surface area contributed by atoms with Crippen LogP contribution in [0, 0.1) is 0 Å². The lowest BCUT2D eigenvalue weighted by atomic mass is 9.82. The van der Waals surface area contributed by atoms with Crippen LogP contribution in [-0.4, -0.2) is 0 Å². The summed E-state index contributed by atoms with van der Waals surface area (Å²) in [4.78, 5) is 2.41. The average Bonchev–Trinajstić information content (AvgIpc) is 3.49. The zero-order valence-corrected chi connectivity index (χ0v) is 31.5. The molecule has 0 N–H and O–H groups in total. The molecule has 0 bridgehead atoms. The molecule has 0 atom stereocenters. The summed E-state index contributed by atoms with van der Waals surface area (Å²) < 4.78 is 0. The van der Waals surface area contributed by atoms with Gasteiger partial charge in [0.1, 0.15) is 0 Å². The van der Waals surface area contributed by atoms with E-state index in [1.165, 1.54) is 87.6 Å². The van der Waals surface area contributed by atoms with Crippen molar-refractivity contribution in [2.24, 2.45) is 0 Å². The minimum absolute atomic E-state index is 0.0454. The van der Waals surface area contributed by atoms with Gasteiger partial charge in [-0.1, -0.05) is 172 Å². The van der Waals surface area contributed by atoms with Gasteiger partial charge in [-0.2, -0.15) is 0 Å². The van der Waals surface area contributed by atoms with Crippen LogP contribution in [0.5, 0.6) is 0 Å². The number of nitrogens with zero attached hydrogens (tertiary/aromatic N) is 1. The Morgan fingerprint density at radius 2 is 0.857 bits per heavy atom. The maximum Gasteiger partial charge on any atom is 0.0468 e. The highest BCUT2D eigenvalue weighted by molar-refractivity contribution is 6.20. The molecule has 0 radical (unpaired) electrons. The van der Waals surface area contributed by atoms with Gasteiger partial charge in [0.2, 0.25) is 0 Å². The van der Waals surface area contributed by atoms with Crippen molar-refractivity contribution in [2.75, 3.05) is 4.90 Å². The van der Waals surface area contributed by atoms with E-state index in [1.807, 2.05) is 0 Å². The van der Waals surface area contributed by atoms with Crippen LogP contribution in [0.15, 0.2) is 200 Å². The van der Waals surface area contributed by atoms with E-state index in [9.17, 15) is 0 Å². The molecule has 0 aromatic heterocycles. The molecule has 0 amide bonds. The van der Waals surface area contributed by atoms with Crippen LogP contribution in [0.1, 0.15) is 25.0 Å². The maximum absolute atomic E-state index is 2.41. The summed E-state index contributed by atoms with van der Waals surface area (Å²) in [6.07, 6.45) is 0. The van der Waals surface area contributed by atoms with Crippen LogP contribution in [0.3, 0.4) is 0 Å². The van der Waals surface area contributed by atoms with E-state index in [2.05, 4.69) is 219 Å². The summed E-state index contributed by atoms with van der Waals surface area (Å²) in [5, 5.41) is 10.2. The largest absolute Gasteiger partial charge is 0.310 e. The van der Waals surface area contributed by atoms with Crippen molar-refractivity contribution in [3.63, 3.8) is 0 Å². The zero-order chi connectivity index (χ0) is 37.4. The van der Waals surface area contributed by atoms with Gasteiger partial charge in [-0.05, 0) is 130 Å². The molecule has 0 aliphatic heterocycles. The van der Waals surface area contributed by atoms with Crippen LogP contribution in [-0.2, 0) is 5.41 Å². The Kier molecular flexibility index (Phi) is 7.28. The number of anilines is 3. The average molecular weight is 714 g/mol. The lowest BCUT2D eigenvalue weighted by molar-refractivity contribution is 0.660. The van der Waals surface area contributed by atoms with Gasteiger partial charge in [-0.25, -0.2) is 0 Å². The van der Waals surface area contributed by atoms with Crippen molar-refractivity contribution in [3.05, 3.63) is 211 Å².